The molecule has 0 fully saturated rings. The Hall–Kier alpha value is -0.630. The number of hydrogen-bond donors (Lipinski definition) is 1. The number of unbranched alkanes of at least 4 members (excludes halogenated alkanes) is 4. The number of carbonyl (C=O) groups excluding carboxylic acids is 1. The van der Waals surface area contributed by atoms with Gasteiger partial charge in [-0.3, -0.25) is 4.79 Å². The molecule has 1 N–H and O–H groups in total. The lowest BCUT2D eigenvalue weighted by molar-refractivity contribution is -0.104. The van der Waals surface area contributed by atoms with Gasteiger partial charge < -0.3 is 5.11 Å². The highest BCUT2D eigenvalue weighted by atomic mass is 16.3. The van der Waals surface area contributed by atoms with Crippen molar-refractivity contribution in [2.24, 2.45) is 0 Å². The summed E-state index contributed by atoms with van der Waals surface area (Å²) in [5, 5.41) is 9.59. The van der Waals surface area contributed by atoms with Crippen LogP contribution in [0.15, 0.2) is 11.6 Å². The minimum atomic E-state index is -0.276. The van der Waals surface area contributed by atoms with Gasteiger partial charge in [-0.25, -0.2) is 0 Å². The lowest BCUT2D eigenvalue weighted by Gasteiger charge is -2.07. The van der Waals surface area contributed by atoms with E-state index in [4.69, 9.17) is 0 Å². The fourth-order valence-corrected chi connectivity index (χ4v) is 1.47. The van der Waals surface area contributed by atoms with Crippen molar-refractivity contribution in [3.05, 3.63) is 11.6 Å². The van der Waals surface area contributed by atoms with Crippen LogP contribution < -0.4 is 0 Å². The second-order valence-corrected chi connectivity index (χ2v) is 4.16. The van der Waals surface area contributed by atoms with Crippen LogP contribution in [0.1, 0.15) is 58.8 Å². The first-order chi connectivity index (χ1) is 7.20. The molecule has 88 valence electrons. The summed E-state index contributed by atoms with van der Waals surface area (Å²) in [5.74, 6) is 0. The van der Waals surface area contributed by atoms with E-state index in [0.717, 1.165) is 19.1 Å². The average Bonchev–Trinajstić information content (AvgIpc) is 2.25. The van der Waals surface area contributed by atoms with Crippen LogP contribution in [0, 0.1) is 0 Å². The number of aliphatic hydroxyl groups is 1. The van der Waals surface area contributed by atoms with E-state index >= 15 is 0 Å². The summed E-state index contributed by atoms with van der Waals surface area (Å²) in [6, 6.07) is 0. The smallest absolute Gasteiger partial charge is 0.145 e. The van der Waals surface area contributed by atoms with Gasteiger partial charge >= 0.3 is 0 Å². The predicted octanol–water partition coefficient (Wildman–Crippen LogP) is 3.24. The van der Waals surface area contributed by atoms with E-state index in [9.17, 15) is 9.90 Å². The number of hydrogen-bond acceptors (Lipinski definition) is 2. The van der Waals surface area contributed by atoms with Crippen molar-refractivity contribution in [2.75, 3.05) is 0 Å². The first kappa shape index (κ1) is 14.4. The topological polar surface area (TPSA) is 37.3 Å². The van der Waals surface area contributed by atoms with Crippen LogP contribution in [0.2, 0.25) is 0 Å². The molecule has 0 bridgehead atoms. The second kappa shape index (κ2) is 9.91. The van der Waals surface area contributed by atoms with E-state index in [1.807, 2.05) is 6.08 Å². The molecule has 0 aromatic heterocycles. The molecule has 0 spiro atoms. The first-order valence-corrected chi connectivity index (χ1v) is 6.00. The predicted molar refractivity (Wildman–Crippen MR) is 63.8 cm³/mol. The van der Waals surface area contributed by atoms with Gasteiger partial charge in [-0.05, 0) is 25.3 Å². The van der Waals surface area contributed by atoms with Crippen LogP contribution in [0.4, 0.5) is 0 Å². The molecule has 0 amide bonds. The normalized spacial score (nSPS) is 13.9. The number of rotatable bonds is 9. The highest BCUT2D eigenvalue weighted by molar-refractivity contribution is 5.71. The second-order valence-electron chi connectivity index (χ2n) is 4.16. The standard InChI is InChI=1S/C13H24O2/c1-3-4-5-6-7-8-13(15)10-9-12(2)11-14/h9,11,13,15H,3-8,10H2,1-2H3/b12-9+/t13-/m0/s1. The summed E-state index contributed by atoms with van der Waals surface area (Å²) in [4.78, 5) is 10.3. The largest absolute Gasteiger partial charge is 0.393 e. The number of allylic oxidation sites excluding steroid dienone is 1. The average molecular weight is 212 g/mol. The molecular weight excluding hydrogens is 188 g/mol. The molecule has 0 aliphatic heterocycles. The minimum Gasteiger partial charge on any atom is -0.393 e. The SMILES string of the molecule is CCCCCCC[C@H](O)C/C=C(\C)C=O. The van der Waals surface area contributed by atoms with Gasteiger partial charge in [0.15, 0.2) is 0 Å². The Labute approximate surface area is 93.4 Å². The molecule has 0 aliphatic carbocycles. The van der Waals surface area contributed by atoms with Gasteiger partial charge in [-0.15, -0.1) is 0 Å². The molecule has 1 atom stereocenters. The molecule has 2 heteroatoms. The minimum absolute atomic E-state index is 0.276. The van der Waals surface area contributed by atoms with Crippen molar-refractivity contribution in [3.63, 3.8) is 0 Å². The van der Waals surface area contributed by atoms with Crippen LogP contribution in [0.3, 0.4) is 0 Å². The van der Waals surface area contributed by atoms with Gasteiger partial charge in [0.25, 0.3) is 0 Å². The lowest BCUT2D eigenvalue weighted by atomic mass is 10.1. The van der Waals surface area contributed by atoms with Crippen LogP contribution in [-0.2, 0) is 4.79 Å². The zero-order chi connectivity index (χ0) is 11.5. The van der Waals surface area contributed by atoms with Gasteiger partial charge in [0.05, 0.1) is 6.10 Å². The zero-order valence-corrected chi connectivity index (χ0v) is 10.0. The summed E-state index contributed by atoms with van der Waals surface area (Å²) < 4.78 is 0. The third-order valence-corrected chi connectivity index (χ3v) is 2.54. The summed E-state index contributed by atoms with van der Waals surface area (Å²) in [6.07, 6.45) is 9.94. The number of carbonyl (C=O) groups is 1. The Morgan fingerprint density at radius 2 is 1.93 bits per heavy atom. The molecule has 0 radical (unpaired) electrons. The molecular formula is C13H24O2. The van der Waals surface area contributed by atoms with Crippen molar-refractivity contribution in [2.45, 2.75) is 64.9 Å². The fourth-order valence-electron chi connectivity index (χ4n) is 1.47. The van der Waals surface area contributed by atoms with Crippen molar-refractivity contribution >= 4 is 6.29 Å². The van der Waals surface area contributed by atoms with E-state index < -0.39 is 0 Å². The molecule has 0 aliphatic rings. The highest BCUT2D eigenvalue weighted by Crippen LogP contribution is 2.10. The third-order valence-electron chi connectivity index (χ3n) is 2.54. The fraction of sp³-hybridized carbons (Fsp3) is 0.769. The number of aliphatic hydroxyl groups excluding tert-OH is 1. The van der Waals surface area contributed by atoms with Crippen molar-refractivity contribution in [1.29, 1.82) is 0 Å². The molecule has 15 heavy (non-hydrogen) atoms. The molecule has 0 unspecified atom stereocenters. The van der Waals surface area contributed by atoms with Gasteiger partial charge in [-0.1, -0.05) is 45.1 Å². The van der Waals surface area contributed by atoms with Crippen LogP contribution in [0.25, 0.3) is 0 Å². The third kappa shape index (κ3) is 9.67. The molecule has 0 aromatic rings. The van der Waals surface area contributed by atoms with E-state index in [1.54, 1.807) is 6.92 Å². The Kier molecular flexibility index (Phi) is 9.49. The zero-order valence-electron chi connectivity index (χ0n) is 10.0. The van der Waals surface area contributed by atoms with Crippen LogP contribution in [-0.4, -0.2) is 17.5 Å². The van der Waals surface area contributed by atoms with Gasteiger partial charge in [0, 0.05) is 0 Å². The molecule has 0 heterocycles. The molecule has 0 saturated carbocycles. The van der Waals surface area contributed by atoms with Crippen LogP contribution in [0.5, 0.6) is 0 Å². The van der Waals surface area contributed by atoms with Crippen molar-refractivity contribution in [1.82, 2.24) is 0 Å². The van der Waals surface area contributed by atoms with Gasteiger partial charge in [0.2, 0.25) is 0 Å². The van der Waals surface area contributed by atoms with Gasteiger partial charge in [0.1, 0.15) is 6.29 Å². The van der Waals surface area contributed by atoms with Crippen molar-refractivity contribution in [3.8, 4) is 0 Å². The summed E-state index contributed by atoms with van der Waals surface area (Å²) in [6.45, 7) is 3.96. The Balaban J connectivity index is 3.41. The van der Waals surface area contributed by atoms with E-state index in [2.05, 4.69) is 6.92 Å². The quantitative estimate of drug-likeness (QED) is 0.362. The first-order valence-electron chi connectivity index (χ1n) is 6.00. The molecule has 0 aromatic carbocycles. The Morgan fingerprint density at radius 3 is 2.53 bits per heavy atom. The van der Waals surface area contributed by atoms with Crippen molar-refractivity contribution < 1.29 is 9.90 Å². The molecule has 0 saturated heterocycles. The lowest BCUT2D eigenvalue weighted by Crippen LogP contribution is -2.04. The summed E-state index contributed by atoms with van der Waals surface area (Å²) >= 11 is 0. The molecule has 0 rings (SSSR count). The van der Waals surface area contributed by atoms with E-state index in [1.165, 1.54) is 25.7 Å². The number of aldehydes is 1. The maximum atomic E-state index is 10.3. The monoisotopic (exact) mass is 212 g/mol. The van der Waals surface area contributed by atoms with E-state index in [-0.39, 0.29) is 6.10 Å². The maximum absolute atomic E-state index is 10.3. The molecule has 2 nitrogen and oxygen atoms in total. The maximum Gasteiger partial charge on any atom is 0.145 e. The summed E-state index contributed by atoms with van der Waals surface area (Å²) in [5.41, 5.74) is 0.708. The van der Waals surface area contributed by atoms with Gasteiger partial charge in [-0.2, -0.15) is 0 Å². The summed E-state index contributed by atoms with van der Waals surface area (Å²) in [7, 11) is 0. The highest BCUT2D eigenvalue weighted by Gasteiger charge is 2.01. The van der Waals surface area contributed by atoms with E-state index in [0.29, 0.717) is 12.0 Å². The Bertz CT molecular complexity index is 185. The Morgan fingerprint density at radius 1 is 1.27 bits per heavy atom. The van der Waals surface area contributed by atoms with Crippen LogP contribution >= 0.6 is 0 Å².